The van der Waals surface area contributed by atoms with E-state index in [0.717, 1.165) is 32.6 Å². The Bertz CT molecular complexity index is 2940. The average molecular weight is 952 g/mol. The fourth-order valence-corrected chi connectivity index (χ4v) is 15.5. The van der Waals surface area contributed by atoms with Crippen LogP contribution >= 0.6 is 18.6 Å². The third kappa shape index (κ3) is 8.92. The van der Waals surface area contributed by atoms with Gasteiger partial charge in [-0.2, -0.15) is 0 Å². The molecule has 9 rings (SSSR count). The molecule has 0 spiro atoms. The Balaban J connectivity index is 1.38. The second-order valence-corrected chi connectivity index (χ2v) is 21.0. The number of rotatable bonds is 16. The molecule has 1 aliphatic heterocycles. The predicted molar refractivity (Wildman–Crippen MR) is 270 cm³/mol. The first-order chi connectivity index (χ1) is 33.6. The molecule has 11 nitrogen and oxygen atoms in total. The lowest BCUT2D eigenvalue weighted by Crippen LogP contribution is -2.67. The standard InChI is InChI=1S/C56H46N3O8PS/c1-39-57-49(38-65-39)51(67-40(2)60)50-52(61)58(54(50)69-56(42-21-9-3-10-22-42,43-23-11-4-12-24-43)44-25-13-5-14-26-44)53(55(62)66-37-41-33-35-45(36-34-41)59(63)64)68(46-27-15-6-16-28-46,47-29-17-7-18-30-47)48-31-19-8-20-32-48/h3-36,38,50-51,54H,37H2,1-2H3. The summed E-state index contributed by atoms with van der Waals surface area (Å²) in [5.41, 5.74) is 3.40. The van der Waals surface area contributed by atoms with Crippen LogP contribution in [0.3, 0.4) is 0 Å². The number of oxazole rings is 1. The Morgan fingerprint density at radius 2 is 1.14 bits per heavy atom. The molecule has 0 radical (unpaired) electrons. The van der Waals surface area contributed by atoms with Gasteiger partial charge in [0.05, 0.1) is 9.67 Å². The molecule has 1 aliphatic rings. The molecular weight excluding hydrogens is 906 g/mol. The molecule has 1 amide bonds. The molecule has 1 aromatic heterocycles. The number of hydrogen-bond acceptors (Lipinski definition) is 10. The van der Waals surface area contributed by atoms with E-state index in [1.54, 1.807) is 24.0 Å². The zero-order valence-corrected chi connectivity index (χ0v) is 39.3. The van der Waals surface area contributed by atoms with E-state index in [4.69, 9.17) is 13.9 Å². The van der Waals surface area contributed by atoms with Gasteiger partial charge in [-0.25, -0.2) is 9.78 Å². The Morgan fingerprint density at radius 3 is 1.54 bits per heavy atom. The van der Waals surface area contributed by atoms with Gasteiger partial charge in [0.1, 0.15) is 35.3 Å². The predicted octanol–water partition coefficient (Wildman–Crippen LogP) is 9.87. The molecule has 7 aromatic carbocycles. The normalized spacial score (nSPS) is 15.1. The van der Waals surface area contributed by atoms with Gasteiger partial charge in [-0.05, 0) is 50.3 Å². The highest BCUT2D eigenvalue weighted by Crippen LogP contribution is 2.59. The van der Waals surface area contributed by atoms with Crippen LogP contribution in [0.5, 0.6) is 0 Å². The molecule has 0 aliphatic carbocycles. The summed E-state index contributed by atoms with van der Waals surface area (Å²) in [5, 5.41) is 12.9. The van der Waals surface area contributed by atoms with Crippen LogP contribution in [0.15, 0.2) is 217 Å². The van der Waals surface area contributed by atoms with Gasteiger partial charge in [-0.3, -0.25) is 24.6 Å². The summed E-state index contributed by atoms with van der Waals surface area (Å²) in [6, 6.07) is 64.9. The number of ether oxygens (including phenoxy) is 2. The van der Waals surface area contributed by atoms with Gasteiger partial charge in [-0.1, -0.05) is 182 Å². The molecule has 0 saturated carbocycles. The third-order valence-electron chi connectivity index (χ3n) is 12.1. The number of carbonyl (C=O) groups is 3. The van der Waals surface area contributed by atoms with Gasteiger partial charge in [0.25, 0.3) is 5.69 Å². The van der Waals surface area contributed by atoms with E-state index in [9.17, 15) is 14.9 Å². The topological polar surface area (TPSA) is 142 Å². The maximum Gasteiger partial charge on any atom is 0.356 e. The van der Waals surface area contributed by atoms with Crippen LogP contribution in [0, 0.1) is 23.0 Å². The van der Waals surface area contributed by atoms with E-state index in [0.29, 0.717) is 11.5 Å². The van der Waals surface area contributed by atoms with Crippen molar-refractivity contribution in [3.8, 4) is 0 Å². The number of hydrogen-bond donors (Lipinski definition) is 0. The van der Waals surface area contributed by atoms with Gasteiger partial charge in [-0.15, -0.1) is 11.8 Å². The Kier molecular flexibility index (Phi) is 13.6. The third-order valence-corrected chi connectivity index (χ3v) is 18.2. The summed E-state index contributed by atoms with van der Waals surface area (Å²) in [7, 11) is 0. The maximum absolute atomic E-state index is 16.1. The van der Waals surface area contributed by atoms with Crippen LogP contribution < -0.4 is 15.9 Å². The number of esters is 2. The molecule has 0 bridgehead atoms. The minimum Gasteiger partial charge on any atom is -0.456 e. The molecule has 344 valence electrons. The van der Waals surface area contributed by atoms with Crippen LogP contribution in [-0.2, 0) is 35.2 Å². The van der Waals surface area contributed by atoms with Crippen molar-refractivity contribution in [2.24, 2.45) is 5.92 Å². The number of likely N-dealkylation sites (tertiary alicyclic amines) is 1. The van der Waals surface area contributed by atoms with Crippen LogP contribution in [0.1, 0.15) is 46.9 Å². The van der Waals surface area contributed by atoms with Crippen molar-refractivity contribution >= 4 is 63.5 Å². The summed E-state index contributed by atoms with van der Waals surface area (Å²) in [6.45, 7) is -0.795. The fraction of sp³-hybridized carbons (Fsp3) is 0.125. The molecule has 69 heavy (non-hydrogen) atoms. The monoisotopic (exact) mass is 951 g/mol. The van der Waals surface area contributed by atoms with E-state index in [1.807, 2.05) is 146 Å². The van der Waals surface area contributed by atoms with Gasteiger partial charge in [0, 0.05) is 32.9 Å². The molecule has 13 heteroatoms. The first-order valence-corrected chi connectivity index (χ1v) is 24.9. The van der Waals surface area contributed by atoms with Gasteiger partial charge in [0.2, 0.25) is 5.91 Å². The van der Waals surface area contributed by atoms with E-state index in [1.165, 1.54) is 37.1 Å². The minimum atomic E-state index is -3.49. The SMILES string of the molecule is CC(=O)OC(c1coc(C)n1)C1C(=O)N(C(C(=O)OCc2ccc([N+](=O)[O-])cc2)=P(c2ccccc2)(c2ccccc2)c2ccccc2)C1SC(c1ccccc1)(c1ccccc1)c1ccccc1. The number of benzene rings is 7. The van der Waals surface area contributed by atoms with Crippen molar-refractivity contribution in [1.82, 2.24) is 9.88 Å². The number of non-ortho nitro benzene ring substituents is 1. The number of carbonyl (C=O) groups excluding carboxylic acids is 3. The molecule has 2 heterocycles. The van der Waals surface area contributed by atoms with Gasteiger partial charge in [0.15, 0.2) is 12.0 Å². The molecule has 8 aromatic rings. The van der Waals surface area contributed by atoms with Crippen molar-refractivity contribution < 1.29 is 33.2 Å². The quantitative estimate of drug-likeness (QED) is 0.0230. The number of thioether (sulfide) groups is 1. The van der Waals surface area contributed by atoms with Crippen LogP contribution in [0.25, 0.3) is 0 Å². The number of amides is 1. The average Bonchev–Trinajstić information content (AvgIpc) is 3.84. The molecule has 1 fully saturated rings. The smallest absolute Gasteiger partial charge is 0.356 e. The molecule has 1 saturated heterocycles. The van der Waals surface area contributed by atoms with Crippen molar-refractivity contribution in [3.05, 3.63) is 256 Å². The Morgan fingerprint density at radius 1 is 0.710 bits per heavy atom. The van der Waals surface area contributed by atoms with E-state index < -0.39 is 51.8 Å². The van der Waals surface area contributed by atoms with E-state index >= 15 is 9.59 Å². The van der Waals surface area contributed by atoms with Crippen molar-refractivity contribution in [3.63, 3.8) is 0 Å². The highest BCUT2D eigenvalue weighted by atomic mass is 32.2. The van der Waals surface area contributed by atoms with Gasteiger partial charge < -0.3 is 13.9 Å². The Labute approximate surface area is 403 Å². The summed E-state index contributed by atoms with van der Waals surface area (Å²) in [4.78, 5) is 62.7. The Hall–Kier alpha value is -7.79. The van der Waals surface area contributed by atoms with Crippen LogP contribution in [0.2, 0.25) is 0 Å². The van der Waals surface area contributed by atoms with Crippen molar-refractivity contribution in [2.45, 2.75) is 36.7 Å². The summed E-state index contributed by atoms with van der Waals surface area (Å²) < 4.78 is 17.2. The molecule has 0 N–H and O–H groups in total. The molecule has 3 atom stereocenters. The number of aryl methyl sites for hydroxylation is 1. The summed E-state index contributed by atoms with van der Waals surface area (Å²) in [6.07, 6.45) is 0.161. The lowest BCUT2D eigenvalue weighted by atomic mass is 9.84. The second kappa shape index (κ2) is 20.2. The van der Waals surface area contributed by atoms with Crippen LogP contribution in [-0.4, -0.2) is 43.4 Å². The first kappa shape index (κ1) is 46.3. The lowest BCUT2D eigenvalue weighted by Gasteiger charge is -2.53. The largest absolute Gasteiger partial charge is 0.456 e. The number of nitro benzene ring substituents is 1. The number of β-lactam (4-membered cyclic amide) rings is 1. The van der Waals surface area contributed by atoms with Crippen molar-refractivity contribution in [1.29, 1.82) is 0 Å². The lowest BCUT2D eigenvalue weighted by molar-refractivity contribution is -0.384. The van der Waals surface area contributed by atoms with Crippen molar-refractivity contribution in [2.75, 3.05) is 0 Å². The zero-order chi connectivity index (χ0) is 48.0. The van der Waals surface area contributed by atoms with E-state index in [2.05, 4.69) is 41.4 Å². The molecular formula is C56H46N3O8PS. The molecule has 3 unspecified atom stereocenters. The minimum absolute atomic E-state index is 0.0905. The zero-order valence-electron chi connectivity index (χ0n) is 37.6. The summed E-state index contributed by atoms with van der Waals surface area (Å²) in [5.74, 6) is -2.73. The number of nitro groups is 1. The first-order valence-electron chi connectivity index (χ1n) is 22.2. The fourth-order valence-electron chi connectivity index (χ4n) is 9.12. The number of nitrogens with zero attached hydrogens (tertiary/aromatic N) is 3. The highest BCUT2D eigenvalue weighted by Gasteiger charge is 2.61. The maximum atomic E-state index is 16.1. The highest BCUT2D eigenvalue weighted by molar-refractivity contribution is 8.01. The van der Waals surface area contributed by atoms with E-state index in [-0.39, 0.29) is 23.4 Å². The summed E-state index contributed by atoms with van der Waals surface area (Å²) >= 11 is 1.46. The van der Waals surface area contributed by atoms with Crippen LogP contribution in [0.4, 0.5) is 5.69 Å². The van der Waals surface area contributed by atoms with Gasteiger partial charge >= 0.3 is 11.9 Å². The second-order valence-electron chi connectivity index (χ2n) is 16.3. The number of aromatic nitrogens is 1.